The molecule has 1 heterocycles. The number of rotatable bonds is 2. The summed E-state index contributed by atoms with van der Waals surface area (Å²) in [5.74, 6) is -0.330. The zero-order chi connectivity index (χ0) is 16.4. The fourth-order valence-electron chi connectivity index (χ4n) is 3.06. The first kappa shape index (κ1) is 16.7. The molecule has 0 saturated carbocycles. The third-order valence-corrected chi connectivity index (χ3v) is 4.07. The Labute approximate surface area is 131 Å². The van der Waals surface area contributed by atoms with Crippen LogP contribution in [0.25, 0.3) is 0 Å². The Hall–Kier alpha value is -1.62. The summed E-state index contributed by atoms with van der Waals surface area (Å²) >= 11 is 0. The van der Waals surface area contributed by atoms with Crippen molar-refractivity contribution in [1.82, 2.24) is 4.90 Å². The van der Waals surface area contributed by atoms with Crippen LogP contribution < -0.4 is 5.73 Å². The molecule has 0 spiro atoms. The second-order valence-electron chi connectivity index (χ2n) is 6.80. The van der Waals surface area contributed by atoms with E-state index in [1.807, 2.05) is 20.8 Å². The van der Waals surface area contributed by atoms with Gasteiger partial charge in [0.2, 0.25) is 0 Å². The number of amides is 1. The van der Waals surface area contributed by atoms with Gasteiger partial charge in [-0.3, -0.25) is 4.90 Å². The molecule has 1 saturated heterocycles. The molecule has 5 heteroatoms. The van der Waals surface area contributed by atoms with Gasteiger partial charge in [-0.05, 0) is 46.1 Å². The average molecular weight is 308 g/mol. The molecule has 122 valence electrons. The van der Waals surface area contributed by atoms with Crippen molar-refractivity contribution in [3.63, 3.8) is 0 Å². The van der Waals surface area contributed by atoms with Crippen LogP contribution in [0.2, 0.25) is 0 Å². The molecule has 22 heavy (non-hydrogen) atoms. The molecule has 2 rings (SSSR count). The van der Waals surface area contributed by atoms with E-state index in [0.717, 1.165) is 12.8 Å². The van der Waals surface area contributed by atoms with E-state index in [9.17, 15) is 9.18 Å². The Morgan fingerprint density at radius 2 is 2.05 bits per heavy atom. The van der Waals surface area contributed by atoms with Gasteiger partial charge in [0, 0.05) is 18.7 Å². The molecule has 1 aromatic carbocycles. The SMILES string of the molecule is CC(C)(C)OC(=O)N1CCCCC1(CN)c1ccccc1F. The summed E-state index contributed by atoms with van der Waals surface area (Å²) in [5, 5.41) is 0. The molecule has 1 aromatic rings. The van der Waals surface area contributed by atoms with E-state index in [1.165, 1.54) is 6.07 Å². The maximum absolute atomic E-state index is 14.3. The van der Waals surface area contributed by atoms with E-state index >= 15 is 0 Å². The smallest absolute Gasteiger partial charge is 0.411 e. The summed E-state index contributed by atoms with van der Waals surface area (Å²) in [7, 11) is 0. The summed E-state index contributed by atoms with van der Waals surface area (Å²) in [4.78, 5) is 14.2. The van der Waals surface area contributed by atoms with Gasteiger partial charge in [0.05, 0.1) is 5.54 Å². The van der Waals surface area contributed by atoms with Crippen LogP contribution in [0.5, 0.6) is 0 Å². The van der Waals surface area contributed by atoms with E-state index in [1.54, 1.807) is 23.1 Å². The standard InChI is InChI=1S/C17H25FN2O2/c1-16(2,3)22-15(21)20-11-7-6-10-17(20,12-19)13-8-4-5-9-14(13)18/h4-5,8-9H,6-7,10-12,19H2,1-3H3. The zero-order valence-corrected chi connectivity index (χ0v) is 13.6. The Kier molecular flexibility index (Phi) is 4.75. The van der Waals surface area contributed by atoms with Gasteiger partial charge in [0.15, 0.2) is 0 Å². The fourth-order valence-corrected chi connectivity index (χ4v) is 3.06. The van der Waals surface area contributed by atoms with Crippen molar-refractivity contribution in [3.05, 3.63) is 35.6 Å². The minimum Gasteiger partial charge on any atom is -0.444 e. The van der Waals surface area contributed by atoms with Crippen molar-refractivity contribution in [1.29, 1.82) is 0 Å². The summed E-state index contributed by atoms with van der Waals surface area (Å²) in [6, 6.07) is 6.54. The van der Waals surface area contributed by atoms with Gasteiger partial charge in [-0.25, -0.2) is 9.18 Å². The maximum atomic E-state index is 14.3. The quantitative estimate of drug-likeness (QED) is 0.911. The largest absolute Gasteiger partial charge is 0.444 e. The molecule has 1 atom stereocenters. The number of piperidine rings is 1. The lowest BCUT2D eigenvalue weighted by Gasteiger charge is -2.47. The van der Waals surface area contributed by atoms with E-state index in [4.69, 9.17) is 10.5 Å². The molecule has 1 unspecified atom stereocenters. The van der Waals surface area contributed by atoms with E-state index in [0.29, 0.717) is 18.5 Å². The van der Waals surface area contributed by atoms with Crippen molar-refractivity contribution in [2.75, 3.05) is 13.1 Å². The zero-order valence-electron chi connectivity index (χ0n) is 13.6. The highest BCUT2D eigenvalue weighted by atomic mass is 19.1. The summed E-state index contributed by atoms with van der Waals surface area (Å²) in [5.41, 5.74) is 5.07. The number of hydrogen-bond acceptors (Lipinski definition) is 3. The molecular formula is C17H25FN2O2. The van der Waals surface area contributed by atoms with E-state index in [2.05, 4.69) is 0 Å². The van der Waals surface area contributed by atoms with Crippen LogP contribution in [0.4, 0.5) is 9.18 Å². The maximum Gasteiger partial charge on any atom is 0.411 e. The molecule has 0 aromatic heterocycles. The molecule has 1 fully saturated rings. The van der Waals surface area contributed by atoms with Gasteiger partial charge < -0.3 is 10.5 Å². The van der Waals surface area contributed by atoms with Gasteiger partial charge in [0.25, 0.3) is 0 Å². The molecular weight excluding hydrogens is 283 g/mol. The lowest BCUT2D eigenvalue weighted by atomic mass is 9.80. The highest BCUT2D eigenvalue weighted by Crippen LogP contribution is 2.39. The van der Waals surface area contributed by atoms with E-state index in [-0.39, 0.29) is 12.4 Å². The molecule has 0 bridgehead atoms. The first-order chi connectivity index (χ1) is 10.3. The molecule has 2 N–H and O–H groups in total. The Balaban J connectivity index is 2.42. The molecule has 4 nitrogen and oxygen atoms in total. The average Bonchev–Trinajstić information content (AvgIpc) is 2.45. The topological polar surface area (TPSA) is 55.6 Å². The number of carbonyl (C=O) groups is 1. The van der Waals surface area contributed by atoms with Gasteiger partial charge in [-0.2, -0.15) is 0 Å². The first-order valence-corrected chi connectivity index (χ1v) is 7.76. The highest BCUT2D eigenvalue weighted by Gasteiger charge is 2.45. The Morgan fingerprint density at radius 3 is 2.64 bits per heavy atom. The summed E-state index contributed by atoms with van der Waals surface area (Å²) < 4.78 is 19.9. The molecule has 0 radical (unpaired) electrons. The molecule has 1 aliphatic heterocycles. The van der Waals surface area contributed by atoms with Gasteiger partial charge in [-0.1, -0.05) is 18.2 Å². The van der Waals surface area contributed by atoms with Crippen LogP contribution in [-0.4, -0.2) is 29.7 Å². The van der Waals surface area contributed by atoms with Crippen molar-refractivity contribution in [3.8, 4) is 0 Å². The second-order valence-corrected chi connectivity index (χ2v) is 6.80. The normalized spacial score (nSPS) is 22.5. The summed E-state index contributed by atoms with van der Waals surface area (Å²) in [6.45, 7) is 6.17. The number of nitrogens with zero attached hydrogens (tertiary/aromatic N) is 1. The number of benzene rings is 1. The monoisotopic (exact) mass is 308 g/mol. The molecule has 1 amide bonds. The van der Waals surface area contributed by atoms with Crippen molar-refractivity contribution >= 4 is 6.09 Å². The van der Waals surface area contributed by atoms with Crippen LogP contribution in [0.3, 0.4) is 0 Å². The number of likely N-dealkylation sites (tertiary alicyclic amines) is 1. The highest BCUT2D eigenvalue weighted by molar-refractivity contribution is 5.70. The fraction of sp³-hybridized carbons (Fsp3) is 0.588. The number of carbonyl (C=O) groups excluding carboxylic acids is 1. The van der Waals surface area contributed by atoms with Crippen LogP contribution in [0, 0.1) is 5.82 Å². The lowest BCUT2D eigenvalue weighted by molar-refractivity contribution is -0.0162. The summed E-state index contributed by atoms with van der Waals surface area (Å²) in [6.07, 6.45) is 1.99. The minimum absolute atomic E-state index is 0.174. The Morgan fingerprint density at radius 1 is 1.36 bits per heavy atom. The number of hydrogen-bond donors (Lipinski definition) is 1. The third kappa shape index (κ3) is 3.24. The van der Waals surface area contributed by atoms with Crippen LogP contribution in [0.1, 0.15) is 45.6 Å². The lowest BCUT2D eigenvalue weighted by Crippen LogP contribution is -2.57. The molecule has 1 aliphatic rings. The van der Waals surface area contributed by atoms with Crippen molar-refractivity contribution in [2.24, 2.45) is 5.73 Å². The molecule has 0 aliphatic carbocycles. The van der Waals surface area contributed by atoms with Crippen molar-refractivity contribution in [2.45, 2.75) is 51.2 Å². The predicted octanol–water partition coefficient (Wildman–Crippen LogP) is 3.40. The minimum atomic E-state index is -0.827. The van der Waals surface area contributed by atoms with Crippen molar-refractivity contribution < 1.29 is 13.9 Å². The number of halogens is 1. The van der Waals surface area contributed by atoms with Crippen LogP contribution in [-0.2, 0) is 10.3 Å². The van der Waals surface area contributed by atoms with E-state index < -0.39 is 17.2 Å². The van der Waals surface area contributed by atoms with Gasteiger partial charge in [0.1, 0.15) is 11.4 Å². The predicted molar refractivity (Wildman–Crippen MR) is 83.9 cm³/mol. The second kappa shape index (κ2) is 6.24. The van der Waals surface area contributed by atoms with Gasteiger partial charge in [-0.15, -0.1) is 0 Å². The first-order valence-electron chi connectivity index (χ1n) is 7.76. The van der Waals surface area contributed by atoms with Gasteiger partial charge >= 0.3 is 6.09 Å². The van der Waals surface area contributed by atoms with Crippen LogP contribution >= 0.6 is 0 Å². The number of ether oxygens (including phenoxy) is 1. The number of nitrogens with two attached hydrogens (primary N) is 1. The Bertz CT molecular complexity index is 542. The van der Waals surface area contributed by atoms with Crippen LogP contribution in [0.15, 0.2) is 24.3 Å². The third-order valence-electron chi connectivity index (χ3n) is 4.07.